The zero-order valence-electron chi connectivity index (χ0n) is 39.1. The summed E-state index contributed by atoms with van der Waals surface area (Å²) in [5.74, 6) is 2.41. The number of benzene rings is 6. The summed E-state index contributed by atoms with van der Waals surface area (Å²) < 4.78 is 13.8. The molecule has 0 unspecified atom stereocenters. The van der Waals surface area contributed by atoms with Gasteiger partial charge in [-0.25, -0.2) is 4.98 Å². The minimum Gasteiger partial charge on any atom is -0.457 e. The number of imidazole rings is 1. The quantitative estimate of drug-likeness (QED) is 0.157. The van der Waals surface area contributed by atoms with Crippen LogP contribution in [-0.2, 0) is 21.7 Å². The monoisotopic (exact) mass is 829 g/mol. The molecule has 318 valence electrons. The van der Waals surface area contributed by atoms with Gasteiger partial charge in [-0.3, -0.25) is 4.57 Å². The summed E-state index contributed by atoms with van der Waals surface area (Å²) >= 11 is 0. The smallest absolute Gasteiger partial charge is 0.255 e. The standard InChI is InChI=1S/C58H61N4O/c1-55(2,3)40-22-26-51-53(33-40)60(37-61(51)45-31-42(57(7,8)9)30-43(32-45)58(10,11)12)44-19-16-20-46(35-44)63-47-23-24-48-49-29-39(38-17-14-13-15-18-38)21-25-50(49)62(52(48)36-47)54-34-41(27-28-59-54)56(4,5)6/h13-37H,1-12H3/q+1. The van der Waals surface area contributed by atoms with Crippen molar-refractivity contribution in [2.24, 2.45) is 0 Å². The molecule has 0 aliphatic carbocycles. The van der Waals surface area contributed by atoms with Crippen LogP contribution in [0.5, 0.6) is 11.5 Å². The first-order valence-corrected chi connectivity index (χ1v) is 22.3. The van der Waals surface area contributed by atoms with Crippen molar-refractivity contribution in [3.8, 4) is 39.8 Å². The third-order valence-electron chi connectivity index (χ3n) is 12.5. The molecule has 0 saturated carbocycles. The van der Waals surface area contributed by atoms with Crippen molar-refractivity contribution >= 4 is 32.8 Å². The van der Waals surface area contributed by atoms with E-state index in [0.717, 1.165) is 56.1 Å². The van der Waals surface area contributed by atoms with Gasteiger partial charge in [0.2, 0.25) is 0 Å². The zero-order valence-corrected chi connectivity index (χ0v) is 39.1. The van der Waals surface area contributed by atoms with Gasteiger partial charge in [-0.2, -0.15) is 9.13 Å². The largest absolute Gasteiger partial charge is 0.457 e. The van der Waals surface area contributed by atoms with Gasteiger partial charge in [0.05, 0.1) is 11.0 Å². The van der Waals surface area contributed by atoms with Crippen LogP contribution in [0.2, 0.25) is 0 Å². The molecule has 0 N–H and O–H groups in total. The Balaban J connectivity index is 1.17. The summed E-state index contributed by atoms with van der Waals surface area (Å²) in [6.45, 7) is 27.4. The fraction of sp³-hybridized carbons (Fsp3) is 0.276. The average molecular weight is 830 g/mol. The minimum absolute atomic E-state index is 0.00450. The predicted octanol–water partition coefficient (Wildman–Crippen LogP) is 15.0. The summed E-state index contributed by atoms with van der Waals surface area (Å²) in [5.41, 5.74) is 14.1. The van der Waals surface area contributed by atoms with Crippen molar-refractivity contribution in [1.29, 1.82) is 0 Å². The number of ether oxygens (including phenoxy) is 1. The van der Waals surface area contributed by atoms with Crippen molar-refractivity contribution in [3.63, 3.8) is 0 Å². The van der Waals surface area contributed by atoms with E-state index < -0.39 is 0 Å². The second-order valence-electron chi connectivity index (χ2n) is 21.4. The maximum atomic E-state index is 6.84. The normalized spacial score (nSPS) is 12.8. The number of nitrogens with zero attached hydrogens (tertiary/aromatic N) is 4. The lowest BCUT2D eigenvalue weighted by atomic mass is 9.80. The van der Waals surface area contributed by atoms with Crippen LogP contribution in [0.3, 0.4) is 0 Å². The molecule has 9 rings (SSSR count). The summed E-state index contributed by atoms with van der Waals surface area (Å²) in [4.78, 5) is 4.96. The van der Waals surface area contributed by atoms with Gasteiger partial charge in [-0.05, 0) is 128 Å². The fourth-order valence-electron chi connectivity index (χ4n) is 8.62. The zero-order chi connectivity index (χ0) is 44.6. The number of hydrogen-bond donors (Lipinski definition) is 0. The summed E-state index contributed by atoms with van der Waals surface area (Å²) in [7, 11) is 0. The van der Waals surface area contributed by atoms with Crippen molar-refractivity contribution in [3.05, 3.63) is 174 Å². The van der Waals surface area contributed by atoms with E-state index in [4.69, 9.17) is 9.72 Å². The van der Waals surface area contributed by atoms with E-state index in [0.29, 0.717) is 0 Å². The number of rotatable bonds is 6. The van der Waals surface area contributed by atoms with Gasteiger partial charge in [0.1, 0.15) is 28.7 Å². The van der Waals surface area contributed by atoms with Crippen LogP contribution in [0.1, 0.15) is 105 Å². The highest BCUT2D eigenvalue weighted by Gasteiger charge is 2.27. The lowest BCUT2D eigenvalue weighted by molar-refractivity contribution is -0.567. The van der Waals surface area contributed by atoms with Gasteiger partial charge in [0, 0.05) is 29.1 Å². The van der Waals surface area contributed by atoms with Gasteiger partial charge >= 0.3 is 0 Å². The number of aromatic nitrogens is 4. The van der Waals surface area contributed by atoms with Crippen molar-refractivity contribution in [1.82, 2.24) is 14.1 Å². The van der Waals surface area contributed by atoms with E-state index in [1.165, 1.54) is 38.8 Å². The molecule has 0 aliphatic heterocycles. The SMILES string of the molecule is CC(C)(C)c1cc(-[n+]2cn(-c3cccc(Oc4ccc5c6cc(-c7ccccc7)ccc6n(-c6cc(C(C)(C)C)ccn6)c5c4)c3)c3cc(C(C)(C)C)ccc32)cc(C(C)(C)C)c1. The molecule has 0 amide bonds. The van der Waals surface area contributed by atoms with Gasteiger partial charge in [-0.15, -0.1) is 0 Å². The molecular formula is C58H61N4O+. The van der Waals surface area contributed by atoms with E-state index in [2.05, 4.69) is 237 Å². The molecule has 0 fully saturated rings. The highest BCUT2D eigenvalue weighted by molar-refractivity contribution is 6.10. The lowest BCUT2D eigenvalue weighted by Gasteiger charge is -2.25. The van der Waals surface area contributed by atoms with E-state index in [9.17, 15) is 0 Å². The maximum absolute atomic E-state index is 6.84. The Morgan fingerprint density at radius 2 is 1.13 bits per heavy atom. The van der Waals surface area contributed by atoms with Gasteiger partial charge in [0.15, 0.2) is 11.0 Å². The number of pyridine rings is 1. The van der Waals surface area contributed by atoms with Gasteiger partial charge in [0.25, 0.3) is 6.33 Å². The molecule has 0 bridgehead atoms. The first-order valence-electron chi connectivity index (χ1n) is 22.3. The molecule has 3 aromatic heterocycles. The predicted molar refractivity (Wildman–Crippen MR) is 264 cm³/mol. The van der Waals surface area contributed by atoms with Crippen LogP contribution >= 0.6 is 0 Å². The molecule has 0 radical (unpaired) electrons. The number of hydrogen-bond acceptors (Lipinski definition) is 2. The highest BCUT2D eigenvalue weighted by atomic mass is 16.5. The van der Waals surface area contributed by atoms with Gasteiger partial charge < -0.3 is 4.74 Å². The third-order valence-corrected chi connectivity index (χ3v) is 12.5. The molecule has 5 nitrogen and oxygen atoms in total. The Hall–Kier alpha value is -6.46. The molecule has 0 saturated heterocycles. The Kier molecular flexibility index (Phi) is 10.0. The summed E-state index contributed by atoms with van der Waals surface area (Å²) in [5, 5.41) is 2.32. The molecule has 6 aromatic carbocycles. The summed E-state index contributed by atoms with van der Waals surface area (Å²) in [6, 6.07) is 50.7. The molecular weight excluding hydrogens is 769 g/mol. The molecule has 0 spiro atoms. The Morgan fingerprint density at radius 1 is 0.460 bits per heavy atom. The Bertz CT molecular complexity index is 3140. The minimum atomic E-state index is -0.0271. The van der Waals surface area contributed by atoms with Crippen molar-refractivity contribution < 1.29 is 9.30 Å². The third kappa shape index (κ3) is 8.06. The molecule has 3 heterocycles. The summed E-state index contributed by atoms with van der Waals surface area (Å²) in [6.07, 6.45) is 4.18. The van der Waals surface area contributed by atoms with Crippen molar-refractivity contribution in [2.45, 2.75) is 105 Å². The highest BCUT2D eigenvalue weighted by Crippen LogP contribution is 2.39. The van der Waals surface area contributed by atoms with Crippen molar-refractivity contribution in [2.75, 3.05) is 0 Å². The first-order chi connectivity index (χ1) is 29.7. The Morgan fingerprint density at radius 3 is 1.81 bits per heavy atom. The van der Waals surface area contributed by atoms with E-state index in [-0.39, 0.29) is 21.7 Å². The molecule has 0 atom stereocenters. The maximum Gasteiger partial charge on any atom is 0.255 e. The second kappa shape index (κ2) is 15.1. The average Bonchev–Trinajstić information content (AvgIpc) is 3.78. The molecule has 5 heteroatoms. The molecule has 63 heavy (non-hydrogen) atoms. The van der Waals surface area contributed by atoms with Crippen LogP contribution < -0.4 is 9.30 Å². The first kappa shape index (κ1) is 41.9. The Labute approximate surface area is 373 Å². The van der Waals surface area contributed by atoms with Crippen LogP contribution in [0.4, 0.5) is 0 Å². The fourth-order valence-corrected chi connectivity index (χ4v) is 8.62. The number of fused-ring (bicyclic) bond motifs is 4. The van der Waals surface area contributed by atoms with Gasteiger partial charge in [-0.1, -0.05) is 138 Å². The van der Waals surface area contributed by atoms with E-state index in [1.807, 2.05) is 12.3 Å². The van der Waals surface area contributed by atoms with E-state index >= 15 is 0 Å². The van der Waals surface area contributed by atoms with E-state index in [1.54, 1.807) is 0 Å². The lowest BCUT2D eigenvalue weighted by Crippen LogP contribution is -2.31. The topological polar surface area (TPSA) is 35.9 Å². The van der Waals surface area contributed by atoms with Crippen LogP contribution in [0.25, 0.3) is 61.2 Å². The van der Waals surface area contributed by atoms with Crippen LogP contribution in [0, 0.1) is 0 Å². The molecule has 0 aliphatic rings. The van der Waals surface area contributed by atoms with Crippen LogP contribution in [-0.4, -0.2) is 14.1 Å². The van der Waals surface area contributed by atoms with Crippen LogP contribution in [0.15, 0.2) is 152 Å². The second-order valence-corrected chi connectivity index (χ2v) is 21.4. The molecule has 9 aromatic rings.